The minimum atomic E-state index is -2.93. The SMILES string of the molecule is C=C(C)[C@@H]1CC[C@]2(NCCN3CCC(S(C)(=O)=O)CC3)CC[C@]3(C)[C@H](CC[C@@H]4[C@@]5(C)CC=C(C=CC=CC)C(C)(C)[C@@H]5CC[C@]43C)[C@@H]12. The van der Waals surface area contributed by atoms with Crippen LogP contribution in [0.1, 0.15) is 119 Å². The maximum Gasteiger partial charge on any atom is 0.150 e. The highest BCUT2D eigenvalue weighted by Crippen LogP contribution is 2.76. The number of likely N-dealkylation sites (tertiary alicyclic amines) is 1. The molecule has 1 heterocycles. The number of fused-ring (bicyclic) bond motifs is 7. The van der Waals surface area contributed by atoms with Crippen molar-refractivity contribution in [2.75, 3.05) is 32.4 Å². The predicted octanol–water partition coefficient (Wildman–Crippen LogP) is 9.16. The third-order valence-corrected chi connectivity index (χ3v) is 18.0. The summed E-state index contributed by atoms with van der Waals surface area (Å²) >= 11 is 0. The summed E-state index contributed by atoms with van der Waals surface area (Å²) in [5.41, 5.74) is 4.44. The summed E-state index contributed by atoms with van der Waals surface area (Å²) in [6.07, 6.45) is 26.4. The van der Waals surface area contributed by atoms with Gasteiger partial charge in [0.25, 0.3) is 0 Å². The number of allylic oxidation sites excluding steroid dienone is 7. The molecule has 0 aromatic rings. The predicted molar refractivity (Wildman–Crippen MR) is 199 cm³/mol. The summed E-state index contributed by atoms with van der Waals surface area (Å²) in [6.45, 7) is 26.2. The quantitative estimate of drug-likeness (QED) is 0.208. The van der Waals surface area contributed by atoms with Gasteiger partial charge in [0.15, 0.2) is 0 Å². The van der Waals surface area contributed by atoms with Gasteiger partial charge in [-0.25, -0.2) is 8.42 Å². The number of hydrogen-bond donors (Lipinski definition) is 1. The highest BCUT2D eigenvalue weighted by atomic mass is 32.2. The second-order valence-electron chi connectivity index (χ2n) is 18.6. The molecule has 264 valence electrons. The molecule has 1 saturated heterocycles. The fourth-order valence-corrected chi connectivity index (χ4v) is 14.7. The van der Waals surface area contributed by atoms with Gasteiger partial charge in [0.2, 0.25) is 0 Å². The lowest BCUT2D eigenvalue weighted by atomic mass is 9.33. The van der Waals surface area contributed by atoms with E-state index in [-0.39, 0.29) is 16.2 Å². The maximum absolute atomic E-state index is 12.1. The lowest BCUT2D eigenvalue weighted by Crippen LogP contribution is -2.68. The van der Waals surface area contributed by atoms with Gasteiger partial charge in [0.05, 0.1) is 5.25 Å². The summed E-state index contributed by atoms with van der Waals surface area (Å²) in [6, 6.07) is 0. The summed E-state index contributed by atoms with van der Waals surface area (Å²) in [7, 11) is -2.93. The van der Waals surface area contributed by atoms with Crippen molar-refractivity contribution < 1.29 is 8.42 Å². The number of nitrogens with one attached hydrogen (secondary N) is 1. The van der Waals surface area contributed by atoms with Crippen LogP contribution in [0, 0.1) is 51.2 Å². The van der Waals surface area contributed by atoms with Crippen LogP contribution < -0.4 is 5.32 Å². The zero-order valence-electron chi connectivity index (χ0n) is 31.3. The van der Waals surface area contributed by atoms with E-state index in [0.717, 1.165) is 56.8 Å². The van der Waals surface area contributed by atoms with Crippen LogP contribution in [-0.4, -0.2) is 56.5 Å². The summed E-state index contributed by atoms with van der Waals surface area (Å²) in [5.74, 6) is 3.53. The standard InChI is InChI=1S/C42H68N2O2S/c1-10-11-12-13-31-16-21-39(6)35(38(31,4)5)18-22-41(8)36(39)15-14-34-37-33(30(2)3)17-23-42(37,25-24-40(34,41)7)43-26-29-44-27-19-32(20-28-44)47(9,45)46/h10-13,16,32-37,43H,2,14-15,17-29H2,1,3-9H3/t33-,34+,35-,36+,37+,39-,40+,41+,42-/m0/s1. The van der Waals surface area contributed by atoms with Crippen LogP contribution in [0.3, 0.4) is 0 Å². The first kappa shape index (κ1) is 35.6. The molecule has 0 amide bonds. The van der Waals surface area contributed by atoms with E-state index in [4.69, 9.17) is 0 Å². The van der Waals surface area contributed by atoms with Gasteiger partial charge in [-0.1, -0.05) is 77.2 Å². The topological polar surface area (TPSA) is 49.4 Å². The smallest absolute Gasteiger partial charge is 0.150 e. The molecule has 0 radical (unpaired) electrons. The molecule has 5 aliphatic carbocycles. The number of piperidine rings is 1. The second-order valence-corrected chi connectivity index (χ2v) is 20.9. The third-order valence-electron chi connectivity index (χ3n) is 16.3. The first-order chi connectivity index (χ1) is 22.0. The fourth-order valence-electron chi connectivity index (χ4n) is 13.7. The van der Waals surface area contributed by atoms with Gasteiger partial charge in [0.1, 0.15) is 9.84 Å². The molecule has 0 aromatic carbocycles. The lowest BCUT2D eigenvalue weighted by molar-refractivity contribution is -0.221. The monoisotopic (exact) mass is 665 g/mol. The largest absolute Gasteiger partial charge is 0.310 e. The van der Waals surface area contributed by atoms with Crippen LogP contribution in [0.25, 0.3) is 0 Å². The molecule has 1 N–H and O–H groups in total. The van der Waals surface area contributed by atoms with Crippen LogP contribution in [-0.2, 0) is 9.84 Å². The van der Waals surface area contributed by atoms with E-state index >= 15 is 0 Å². The minimum Gasteiger partial charge on any atom is -0.310 e. The van der Waals surface area contributed by atoms with E-state index in [0.29, 0.717) is 28.1 Å². The van der Waals surface area contributed by atoms with Crippen molar-refractivity contribution in [2.45, 2.75) is 130 Å². The zero-order valence-corrected chi connectivity index (χ0v) is 32.2. The van der Waals surface area contributed by atoms with Gasteiger partial charge >= 0.3 is 0 Å². The molecular formula is C42H68N2O2S. The molecule has 5 fully saturated rings. The first-order valence-corrected chi connectivity index (χ1v) is 21.3. The van der Waals surface area contributed by atoms with Crippen molar-refractivity contribution in [2.24, 2.45) is 51.2 Å². The van der Waals surface area contributed by atoms with Crippen molar-refractivity contribution >= 4 is 9.84 Å². The van der Waals surface area contributed by atoms with Crippen molar-refractivity contribution in [3.8, 4) is 0 Å². The molecule has 6 rings (SSSR count). The Bertz CT molecular complexity index is 1400. The van der Waals surface area contributed by atoms with E-state index in [1.54, 1.807) is 5.57 Å². The summed E-state index contributed by atoms with van der Waals surface area (Å²) in [5, 5.41) is 4.13. The molecule has 0 bridgehead atoms. The molecule has 9 atom stereocenters. The molecule has 47 heavy (non-hydrogen) atoms. The Labute approximate surface area is 289 Å². The normalized spacial score (nSPS) is 44.1. The van der Waals surface area contributed by atoms with Gasteiger partial charge in [-0.05, 0) is 154 Å². The van der Waals surface area contributed by atoms with Crippen LogP contribution >= 0.6 is 0 Å². The van der Waals surface area contributed by atoms with Crippen molar-refractivity contribution in [3.63, 3.8) is 0 Å². The maximum atomic E-state index is 12.1. The van der Waals surface area contributed by atoms with Gasteiger partial charge < -0.3 is 10.2 Å². The molecule has 6 aliphatic rings. The summed E-state index contributed by atoms with van der Waals surface area (Å²) < 4.78 is 24.2. The minimum absolute atomic E-state index is 0.150. The molecule has 4 nitrogen and oxygen atoms in total. The average molecular weight is 665 g/mol. The Morgan fingerprint density at radius 1 is 0.936 bits per heavy atom. The average Bonchev–Trinajstić information content (AvgIpc) is 3.38. The highest BCUT2D eigenvalue weighted by Gasteiger charge is 2.70. The molecule has 1 aliphatic heterocycles. The third kappa shape index (κ3) is 5.73. The Morgan fingerprint density at radius 2 is 1.66 bits per heavy atom. The van der Waals surface area contributed by atoms with Crippen molar-refractivity contribution in [1.82, 2.24) is 10.2 Å². The number of nitrogens with zero attached hydrogens (tertiary/aromatic N) is 1. The number of rotatable bonds is 8. The Kier molecular flexibility index (Phi) is 9.52. The van der Waals surface area contributed by atoms with Crippen LogP contribution in [0.4, 0.5) is 0 Å². The highest BCUT2D eigenvalue weighted by molar-refractivity contribution is 7.91. The van der Waals surface area contributed by atoms with Gasteiger partial charge in [0, 0.05) is 24.9 Å². The summed E-state index contributed by atoms with van der Waals surface area (Å²) in [4.78, 5) is 2.51. The van der Waals surface area contributed by atoms with Gasteiger partial charge in [-0.2, -0.15) is 0 Å². The number of hydrogen-bond acceptors (Lipinski definition) is 4. The van der Waals surface area contributed by atoms with Crippen molar-refractivity contribution in [3.05, 3.63) is 48.1 Å². The Morgan fingerprint density at radius 3 is 2.32 bits per heavy atom. The zero-order chi connectivity index (χ0) is 34.0. The van der Waals surface area contributed by atoms with E-state index in [2.05, 4.69) is 95.6 Å². The molecule has 5 heteroatoms. The fraction of sp³-hybridized carbons (Fsp3) is 0.810. The van der Waals surface area contributed by atoms with Crippen LogP contribution in [0.15, 0.2) is 48.1 Å². The van der Waals surface area contributed by atoms with Crippen molar-refractivity contribution in [1.29, 1.82) is 0 Å². The Balaban J connectivity index is 1.22. The van der Waals surface area contributed by atoms with Gasteiger partial charge in [-0.15, -0.1) is 0 Å². The molecule has 0 aromatic heterocycles. The molecule has 0 spiro atoms. The molecular weight excluding hydrogens is 597 g/mol. The molecule has 0 unspecified atom stereocenters. The first-order valence-electron chi connectivity index (χ1n) is 19.4. The van der Waals surface area contributed by atoms with E-state index in [1.165, 1.54) is 69.6 Å². The Hall–Kier alpha value is -1.17. The van der Waals surface area contributed by atoms with Crippen LogP contribution in [0.2, 0.25) is 0 Å². The molecule has 4 saturated carbocycles. The van der Waals surface area contributed by atoms with Crippen LogP contribution in [0.5, 0.6) is 0 Å². The second kappa shape index (κ2) is 12.6. The van der Waals surface area contributed by atoms with Gasteiger partial charge in [-0.3, -0.25) is 0 Å². The van der Waals surface area contributed by atoms with E-state index in [9.17, 15) is 8.42 Å². The lowest BCUT2D eigenvalue weighted by Gasteiger charge is -2.72. The van der Waals surface area contributed by atoms with E-state index < -0.39 is 9.84 Å². The van der Waals surface area contributed by atoms with E-state index in [1.807, 2.05) is 0 Å². The number of sulfone groups is 1.